The van der Waals surface area contributed by atoms with E-state index in [1.165, 1.54) is 5.69 Å². The highest BCUT2D eigenvalue weighted by Gasteiger charge is 2.09. The number of nitrogens with zero attached hydrogens (tertiary/aromatic N) is 2. The van der Waals surface area contributed by atoms with Crippen molar-refractivity contribution in [2.45, 2.75) is 53.6 Å². The van der Waals surface area contributed by atoms with E-state index < -0.39 is 0 Å². The Labute approximate surface area is 122 Å². The zero-order valence-electron chi connectivity index (χ0n) is 13.4. The van der Waals surface area contributed by atoms with E-state index in [9.17, 15) is 4.79 Å². The Kier molecular flexibility index (Phi) is 6.71. The van der Waals surface area contributed by atoms with Crippen molar-refractivity contribution in [3.05, 3.63) is 17.5 Å². The average Bonchev–Trinajstić information content (AvgIpc) is 2.67. The number of aryl methyl sites for hydroxylation is 3. The summed E-state index contributed by atoms with van der Waals surface area (Å²) in [7, 11) is 0. The van der Waals surface area contributed by atoms with Crippen molar-refractivity contribution in [1.29, 1.82) is 0 Å². The van der Waals surface area contributed by atoms with Crippen LogP contribution in [0.3, 0.4) is 0 Å². The van der Waals surface area contributed by atoms with Crippen LogP contribution in [0.1, 0.15) is 38.6 Å². The highest BCUT2D eigenvalue weighted by Crippen LogP contribution is 2.02. The summed E-state index contributed by atoms with van der Waals surface area (Å²) in [5.74, 6) is 0.530. The maximum absolute atomic E-state index is 11.7. The van der Waals surface area contributed by atoms with Gasteiger partial charge >= 0.3 is 0 Å². The predicted molar refractivity (Wildman–Crippen MR) is 81.6 cm³/mol. The number of hydrogen-bond donors (Lipinski definition) is 2. The number of nitrogens with one attached hydrogen (secondary N) is 2. The second-order valence-electron chi connectivity index (χ2n) is 5.78. The Morgan fingerprint density at radius 2 is 2.05 bits per heavy atom. The first-order chi connectivity index (χ1) is 9.40. The molecule has 0 aromatic carbocycles. The molecule has 0 saturated heterocycles. The molecule has 0 aliphatic carbocycles. The van der Waals surface area contributed by atoms with Crippen LogP contribution in [0.25, 0.3) is 0 Å². The zero-order chi connectivity index (χ0) is 15.1. The van der Waals surface area contributed by atoms with Crippen molar-refractivity contribution in [3.63, 3.8) is 0 Å². The maximum Gasteiger partial charge on any atom is 0.234 e. The summed E-state index contributed by atoms with van der Waals surface area (Å²) in [4.78, 5) is 11.7. The van der Waals surface area contributed by atoms with Gasteiger partial charge in [0.2, 0.25) is 5.91 Å². The first kappa shape index (κ1) is 16.7. The first-order valence-electron chi connectivity index (χ1n) is 7.41. The lowest BCUT2D eigenvalue weighted by atomic mass is 10.1. The number of hydrogen-bond acceptors (Lipinski definition) is 3. The fourth-order valence-corrected chi connectivity index (χ4v) is 1.93. The van der Waals surface area contributed by atoms with Crippen molar-refractivity contribution in [3.8, 4) is 0 Å². The Balaban J connectivity index is 2.13. The van der Waals surface area contributed by atoms with E-state index in [-0.39, 0.29) is 11.9 Å². The Bertz CT molecular complexity index is 426. The van der Waals surface area contributed by atoms with E-state index in [4.69, 9.17) is 0 Å². The van der Waals surface area contributed by atoms with E-state index in [1.54, 1.807) is 0 Å². The standard InChI is InChI=1S/C15H28N4O/c1-11(2)14(5)17-15(20)10-16-7-6-8-19-13(4)9-12(3)18-19/h9,11,14,16H,6-8,10H2,1-5H3,(H,17,20). The van der Waals surface area contributed by atoms with Gasteiger partial charge in [-0.1, -0.05) is 13.8 Å². The number of rotatable bonds is 8. The van der Waals surface area contributed by atoms with Gasteiger partial charge in [-0.25, -0.2) is 0 Å². The number of carbonyl (C=O) groups is 1. The Morgan fingerprint density at radius 3 is 2.60 bits per heavy atom. The highest BCUT2D eigenvalue weighted by atomic mass is 16.1. The number of aromatic nitrogens is 2. The molecule has 0 spiro atoms. The van der Waals surface area contributed by atoms with Gasteiger partial charge in [-0.15, -0.1) is 0 Å². The molecule has 5 nitrogen and oxygen atoms in total. The smallest absolute Gasteiger partial charge is 0.234 e. The van der Waals surface area contributed by atoms with Crippen LogP contribution in [0.2, 0.25) is 0 Å². The number of carbonyl (C=O) groups excluding carboxylic acids is 1. The van der Waals surface area contributed by atoms with Gasteiger partial charge in [0.05, 0.1) is 12.2 Å². The van der Waals surface area contributed by atoms with E-state index in [1.807, 2.05) is 18.5 Å². The van der Waals surface area contributed by atoms with Crippen LogP contribution in [0.15, 0.2) is 6.07 Å². The molecule has 0 fully saturated rings. The molecule has 0 radical (unpaired) electrons. The topological polar surface area (TPSA) is 59.0 Å². The average molecular weight is 280 g/mol. The van der Waals surface area contributed by atoms with E-state index >= 15 is 0 Å². The molecule has 1 aromatic rings. The summed E-state index contributed by atoms with van der Waals surface area (Å²) < 4.78 is 2.01. The molecular formula is C15H28N4O. The summed E-state index contributed by atoms with van der Waals surface area (Å²) in [5, 5.41) is 10.6. The molecule has 20 heavy (non-hydrogen) atoms. The predicted octanol–water partition coefficient (Wildman–Crippen LogP) is 1.64. The highest BCUT2D eigenvalue weighted by molar-refractivity contribution is 5.78. The van der Waals surface area contributed by atoms with Crippen LogP contribution < -0.4 is 10.6 Å². The van der Waals surface area contributed by atoms with Gasteiger partial charge in [0.15, 0.2) is 0 Å². The fraction of sp³-hybridized carbons (Fsp3) is 0.733. The molecule has 114 valence electrons. The van der Waals surface area contributed by atoms with Gasteiger partial charge in [-0.05, 0) is 45.7 Å². The van der Waals surface area contributed by atoms with Crippen LogP contribution in [0.4, 0.5) is 0 Å². The van der Waals surface area contributed by atoms with Crippen molar-refractivity contribution in [2.75, 3.05) is 13.1 Å². The molecule has 1 rings (SSSR count). The van der Waals surface area contributed by atoms with Crippen molar-refractivity contribution >= 4 is 5.91 Å². The third-order valence-electron chi connectivity index (χ3n) is 3.50. The molecule has 0 aliphatic heterocycles. The second-order valence-corrected chi connectivity index (χ2v) is 5.78. The second kappa shape index (κ2) is 8.04. The summed E-state index contributed by atoms with van der Waals surface area (Å²) in [5.41, 5.74) is 2.24. The molecule has 1 atom stereocenters. The van der Waals surface area contributed by atoms with Gasteiger partial charge in [-0.2, -0.15) is 5.10 Å². The molecule has 1 heterocycles. The largest absolute Gasteiger partial charge is 0.352 e. The van der Waals surface area contributed by atoms with Crippen LogP contribution in [0.5, 0.6) is 0 Å². The first-order valence-corrected chi connectivity index (χ1v) is 7.41. The van der Waals surface area contributed by atoms with Gasteiger partial charge in [0.1, 0.15) is 0 Å². The molecular weight excluding hydrogens is 252 g/mol. The van der Waals surface area contributed by atoms with Gasteiger partial charge in [-0.3, -0.25) is 9.48 Å². The third-order valence-corrected chi connectivity index (χ3v) is 3.50. The molecule has 0 aliphatic rings. The van der Waals surface area contributed by atoms with E-state index in [0.717, 1.165) is 25.2 Å². The molecule has 2 N–H and O–H groups in total. The fourth-order valence-electron chi connectivity index (χ4n) is 1.93. The van der Waals surface area contributed by atoms with Gasteiger partial charge in [0, 0.05) is 18.3 Å². The maximum atomic E-state index is 11.7. The van der Waals surface area contributed by atoms with Crippen molar-refractivity contribution in [2.24, 2.45) is 5.92 Å². The summed E-state index contributed by atoms with van der Waals surface area (Å²) in [6, 6.07) is 2.30. The van der Waals surface area contributed by atoms with E-state index in [2.05, 4.69) is 42.6 Å². The lowest BCUT2D eigenvalue weighted by Gasteiger charge is -2.17. The molecule has 0 bridgehead atoms. The molecule has 0 saturated carbocycles. The minimum absolute atomic E-state index is 0.0670. The van der Waals surface area contributed by atoms with Crippen LogP contribution in [-0.4, -0.2) is 34.8 Å². The summed E-state index contributed by atoms with van der Waals surface area (Å²) >= 11 is 0. The summed E-state index contributed by atoms with van der Waals surface area (Å²) in [6.07, 6.45) is 0.967. The third kappa shape index (κ3) is 5.74. The minimum Gasteiger partial charge on any atom is -0.352 e. The minimum atomic E-state index is 0.0670. The molecule has 1 aromatic heterocycles. The zero-order valence-corrected chi connectivity index (χ0v) is 13.4. The van der Waals surface area contributed by atoms with E-state index in [0.29, 0.717) is 12.5 Å². The number of amides is 1. The molecule has 5 heteroatoms. The monoisotopic (exact) mass is 280 g/mol. The van der Waals surface area contributed by atoms with Crippen LogP contribution >= 0.6 is 0 Å². The van der Waals surface area contributed by atoms with Crippen LogP contribution in [-0.2, 0) is 11.3 Å². The normalized spacial score (nSPS) is 12.7. The summed E-state index contributed by atoms with van der Waals surface area (Å²) in [6.45, 7) is 12.4. The lowest BCUT2D eigenvalue weighted by Crippen LogP contribution is -2.41. The van der Waals surface area contributed by atoms with Crippen molar-refractivity contribution < 1.29 is 4.79 Å². The Hall–Kier alpha value is -1.36. The Morgan fingerprint density at radius 1 is 1.35 bits per heavy atom. The molecule has 1 unspecified atom stereocenters. The molecule has 1 amide bonds. The van der Waals surface area contributed by atoms with Gasteiger partial charge in [0.25, 0.3) is 0 Å². The quantitative estimate of drug-likeness (QED) is 0.712. The van der Waals surface area contributed by atoms with Crippen molar-refractivity contribution in [1.82, 2.24) is 20.4 Å². The SMILES string of the molecule is Cc1cc(C)n(CCCNCC(=O)NC(C)C(C)C)n1. The van der Waals surface area contributed by atoms with Gasteiger partial charge < -0.3 is 10.6 Å². The lowest BCUT2D eigenvalue weighted by molar-refractivity contribution is -0.121. The van der Waals surface area contributed by atoms with Crippen LogP contribution in [0, 0.1) is 19.8 Å².